The molecule has 164 valence electrons. The topological polar surface area (TPSA) is 67.5 Å². The number of aliphatic imine (C=N–C) groups is 1. The normalized spacial score (nSPS) is 12.9. The SMILES string of the molecule is CCCCC(CC(CC)NC(=O)c1cccc2oc(-c3ccc(C)cc3Cl)nc12)=NC. The number of oxazole rings is 1. The van der Waals surface area contributed by atoms with Crippen molar-refractivity contribution in [3.05, 3.63) is 52.5 Å². The molecule has 1 amide bonds. The third-order valence-electron chi connectivity index (χ3n) is 5.46. The number of fused-ring (bicyclic) bond motifs is 1. The van der Waals surface area contributed by atoms with E-state index in [1.165, 1.54) is 0 Å². The zero-order valence-electron chi connectivity index (χ0n) is 18.7. The van der Waals surface area contributed by atoms with Crippen molar-refractivity contribution in [3.63, 3.8) is 0 Å². The lowest BCUT2D eigenvalue weighted by atomic mass is 10.0. The number of hydrogen-bond donors (Lipinski definition) is 1. The number of amides is 1. The van der Waals surface area contributed by atoms with Crippen LogP contribution >= 0.6 is 11.6 Å². The summed E-state index contributed by atoms with van der Waals surface area (Å²) in [5.41, 5.74) is 4.51. The highest BCUT2D eigenvalue weighted by atomic mass is 35.5. The van der Waals surface area contributed by atoms with Crippen molar-refractivity contribution in [2.24, 2.45) is 4.99 Å². The zero-order valence-corrected chi connectivity index (χ0v) is 19.4. The number of nitrogens with zero attached hydrogens (tertiary/aromatic N) is 2. The number of unbranched alkanes of at least 4 members (excludes halogenated alkanes) is 1. The number of aryl methyl sites for hydroxylation is 1. The number of carbonyl (C=O) groups excluding carboxylic acids is 1. The first-order valence-corrected chi connectivity index (χ1v) is 11.3. The van der Waals surface area contributed by atoms with Gasteiger partial charge in [-0.1, -0.05) is 44.0 Å². The quantitative estimate of drug-likeness (QED) is 0.381. The highest BCUT2D eigenvalue weighted by Gasteiger charge is 2.20. The summed E-state index contributed by atoms with van der Waals surface area (Å²) < 4.78 is 5.93. The molecule has 2 aromatic carbocycles. The van der Waals surface area contributed by atoms with E-state index in [4.69, 9.17) is 16.0 Å². The molecule has 0 bridgehead atoms. The molecule has 31 heavy (non-hydrogen) atoms. The second-order valence-electron chi connectivity index (χ2n) is 7.83. The smallest absolute Gasteiger partial charge is 0.253 e. The Morgan fingerprint density at radius 1 is 1.26 bits per heavy atom. The molecular formula is C25H30ClN3O2. The molecule has 3 aromatic rings. The van der Waals surface area contributed by atoms with Crippen LogP contribution in [-0.4, -0.2) is 29.7 Å². The molecule has 0 spiro atoms. The fourth-order valence-electron chi connectivity index (χ4n) is 3.57. The third kappa shape index (κ3) is 5.53. The van der Waals surface area contributed by atoms with Crippen molar-refractivity contribution in [3.8, 4) is 11.5 Å². The summed E-state index contributed by atoms with van der Waals surface area (Å²) in [6, 6.07) is 11.1. The monoisotopic (exact) mass is 439 g/mol. The fourth-order valence-corrected chi connectivity index (χ4v) is 3.89. The van der Waals surface area contributed by atoms with Crippen LogP contribution in [0.15, 0.2) is 45.8 Å². The number of benzene rings is 2. The predicted octanol–water partition coefficient (Wildman–Crippen LogP) is 6.62. The van der Waals surface area contributed by atoms with Crippen molar-refractivity contribution in [2.45, 2.75) is 58.9 Å². The molecule has 1 aromatic heterocycles. The van der Waals surface area contributed by atoms with E-state index in [0.29, 0.717) is 33.1 Å². The van der Waals surface area contributed by atoms with Gasteiger partial charge in [-0.2, -0.15) is 0 Å². The molecule has 0 radical (unpaired) electrons. The molecule has 0 aliphatic carbocycles. The number of hydrogen-bond acceptors (Lipinski definition) is 4. The van der Waals surface area contributed by atoms with Gasteiger partial charge in [-0.25, -0.2) is 4.98 Å². The molecule has 0 saturated carbocycles. The van der Waals surface area contributed by atoms with Gasteiger partial charge < -0.3 is 9.73 Å². The van der Waals surface area contributed by atoms with Crippen LogP contribution in [0.5, 0.6) is 0 Å². The number of halogens is 1. The minimum Gasteiger partial charge on any atom is -0.436 e. The maximum absolute atomic E-state index is 13.1. The van der Waals surface area contributed by atoms with Gasteiger partial charge in [-0.05, 0) is 56.0 Å². The van der Waals surface area contributed by atoms with Gasteiger partial charge >= 0.3 is 0 Å². The number of para-hydroxylation sites is 1. The molecule has 0 aliphatic heterocycles. The van der Waals surface area contributed by atoms with Crippen LogP contribution in [0.2, 0.25) is 5.02 Å². The number of rotatable bonds is 9. The second kappa shape index (κ2) is 10.6. The van der Waals surface area contributed by atoms with Gasteiger partial charge in [0.1, 0.15) is 5.52 Å². The summed E-state index contributed by atoms with van der Waals surface area (Å²) in [6.45, 7) is 6.22. The molecule has 0 aliphatic rings. The summed E-state index contributed by atoms with van der Waals surface area (Å²) in [5, 5.41) is 3.73. The Morgan fingerprint density at radius 2 is 2.06 bits per heavy atom. The van der Waals surface area contributed by atoms with Crippen LogP contribution in [0.4, 0.5) is 0 Å². The molecular weight excluding hydrogens is 410 g/mol. The van der Waals surface area contributed by atoms with Crippen LogP contribution in [0.25, 0.3) is 22.6 Å². The summed E-state index contributed by atoms with van der Waals surface area (Å²) in [7, 11) is 1.83. The van der Waals surface area contributed by atoms with Crippen LogP contribution in [0.1, 0.15) is 61.9 Å². The molecule has 5 nitrogen and oxygen atoms in total. The van der Waals surface area contributed by atoms with E-state index in [-0.39, 0.29) is 11.9 Å². The van der Waals surface area contributed by atoms with E-state index in [9.17, 15) is 4.79 Å². The van der Waals surface area contributed by atoms with Gasteiger partial charge in [-0.3, -0.25) is 9.79 Å². The molecule has 1 heterocycles. The summed E-state index contributed by atoms with van der Waals surface area (Å²) in [5.74, 6) is 0.255. The van der Waals surface area contributed by atoms with Gasteiger partial charge in [0.05, 0.1) is 16.1 Å². The fraction of sp³-hybridized carbons (Fsp3) is 0.400. The largest absolute Gasteiger partial charge is 0.436 e. The van der Waals surface area contributed by atoms with E-state index in [1.807, 2.05) is 44.3 Å². The Morgan fingerprint density at radius 3 is 2.74 bits per heavy atom. The predicted molar refractivity (Wildman–Crippen MR) is 128 cm³/mol. The van der Waals surface area contributed by atoms with Crippen molar-refractivity contribution in [2.75, 3.05) is 7.05 Å². The highest BCUT2D eigenvalue weighted by molar-refractivity contribution is 6.33. The molecule has 0 fully saturated rings. The average Bonchev–Trinajstić information content (AvgIpc) is 3.19. The van der Waals surface area contributed by atoms with Gasteiger partial charge in [0.25, 0.3) is 5.91 Å². The minimum absolute atomic E-state index is 0.0243. The molecule has 1 N–H and O–H groups in total. The molecule has 6 heteroatoms. The van der Waals surface area contributed by atoms with E-state index in [2.05, 4.69) is 29.1 Å². The lowest BCUT2D eigenvalue weighted by Crippen LogP contribution is -2.36. The lowest BCUT2D eigenvalue weighted by molar-refractivity contribution is 0.0938. The maximum atomic E-state index is 13.1. The summed E-state index contributed by atoms with van der Waals surface area (Å²) >= 11 is 6.39. The molecule has 3 rings (SSSR count). The van der Waals surface area contributed by atoms with Crippen molar-refractivity contribution < 1.29 is 9.21 Å². The average molecular weight is 440 g/mol. The minimum atomic E-state index is -0.154. The third-order valence-corrected chi connectivity index (χ3v) is 5.78. The van der Waals surface area contributed by atoms with Crippen LogP contribution in [0, 0.1) is 6.92 Å². The highest BCUT2D eigenvalue weighted by Crippen LogP contribution is 2.31. The van der Waals surface area contributed by atoms with Crippen molar-refractivity contribution in [1.82, 2.24) is 10.3 Å². The Balaban J connectivity index is 1.84. The Labute approximate surface area is 188 Å². The summed E-state index contributed by atoms with van der Waals surface area (Å²) in [4.78, 5) is 22.1. The van der Waals surface area contributed by atoms with Crippen LogP contribution < -0.4 is 5.32 Å². The number of nitrogens with one attached hydrogen (secondary N) is 1. The molecule has 1 unspecified atom stereocenters. The Bertz CT molecular complexity index is 1090. The first-order valence-electron chi connectivity index (χ1n) is 10.9. The van der Waals surface area contributed by atoms with Gasteiger partial charge in [0.2, 0.25) is 5.89 Å². The lowest BCUT2D eigenvalue weighted by Gasteiger charge is -2.18. The van der Waals surface area contributed by atoms with Crippen molar-refractivity contribution in [1.29, 1.82) is 0 Å². The summed E-state index contributed by atoms with van der Waals surface area (Å²) in [6.07, 6.45) is 4.80. The Hall–Kier alpha value is -2.66. The van der Waals surface area contributed by atoms with E-state index in [1.54, 1.807) is 6.07 Å². The van der Waals surface area contributed by atoms with Gasteiger partial charge in [0.15, 0.2) is 5.58 Å². The molecule has 0 saturated heterocycles. The van der Waals surface area contributed by atoms with E-state index >= 15 is 0 Å². The second-order valence-corrected chi connectivity index (χ2v) is 8.24. The van der Waals surface area contributed by atoms with Gasteiger partial charge in [-0.15, -0.1) is 0 Å². The Kier molecular flexibility index (Phi) is 7.85. The standard InChI is InChI=1S/C25H30ClN3O2/c1-5-7-9-18(27-4)15-17(6-2)28-24(30)20-10-8-11-22-23(20)29-25(31-22)19-13-12-16(3)14-21(19)26/h8,10-14,17H,5-7,9,15H2,1-4H3,(H,28,30). The first-order chi connectivity index (χ1) is 15.0. The first kappa shape index (κ1) is 23.0. The van der Waals surface area contributed by atoms with Crippen LogP contribution in [-0.2, 0) is 0 Å². The van der Waals surface area contributed by atoms with Crippen LogP contribution in [0.3, 0.4) is 0 Å². The van der Waals surface area contributed by atoms with Gasteiger partial charge in [0, 0.05) is 25.2 Å². The maximum Gasteiger partial charge on any atom is 0.253 e. The number of carbonyl (C=O) groups is 1. The number of aromatic nitrogens is 1. The van der Waals surface area contributed by atoms with E-state index in [0.717, 1.165) is 43.4 Å². The zero-order chi connectivity index (χ0) is 22.4. The molecule has 1 atom stereocenters. The van der Waals surface area contributed by atoms with E-state index < -0.39 is 0 Å². The van der Waals surface area contributed by atoms with Crippen molar-refractivity contribution >= 4 is 34.3 Å².